The quantitative estimate of drug-likeness (QED) is 0.630. The highest BCUT2D eigenvalue weighted by Gasteiger charge is 2.38. The van der Waals surface area contributed by atoms with Crippen LogP contribution in [0.3, 0.4) is 0 Å². The molecule has 4 amide bonds. The zero-order valence-electron chi connectivity index (χ0n) is 15.1. The molecule has 0 unspecified atom stereocenters. The minimum atomic E-state index is -1.07. The second-order valence-electron chi connectivity index (χ2n) is 6.60. The molecular weight excluding hydrogens is 366 g/mol. The largest absolute Gasteiger partial charge is 0.368 e. The number of fused-ring (bicyclic) bond motifs is 1. The molecule has 0 saturated carbocycles. The van der Waals surface area contributed by atoms with Crippen LogP contribution in [0.2, 0.25) is 0 Å². The van der Waals surface area contributed by atoms with Gasteiger partial charge in [-0.15, -0.1) is 11.3 Å². The van der Waals surface area contributed by atoms with Crippen LogP contribution in [0.4, 0.5) is 9.80 Å². The van der Waals surface area contributed by atoms with Crippen LogP contribution in [0, 0.1) is 0 Å². The van der Waals surface area contributed by atoms with E-state index in [1.807, 2.05) is 31.2 Å². The lowest BCUT2D eigenvalue weighted by atomic mass is 9.87. The molecule has 6 N–H and O–H groups in total. The lowest BCUT2D eigenvalue weighted by Gasteiger charge is -2.37. The minimum absolute atomic E-state index is 0.189. The highest BCUT2D eigenvalue weighted by molar-refractivity contribution is 7.23. The van der Waals surface area contributed by atoms with E-state index in [0.717, 1.165) is 10.1 Å². The van der Waals surface area contributed by atoms with E-state index in [4.69, 9.17) is 11.5 Å². The topological polar surface area (TPSA) is 131 Å². The maximum Gasteiger partial charge on any atom is 0.319 e. The van der Waals surface area contributed by atoms with Crippen molar-refractivity contribution in [3.8, 4) is 0 Å². The predicted octanol–water partition coefficient (Wildman–Crippen LogP) is 1.46. The predicted molar refractivity (Wildman–Crippen MR) is 106 cm³/mol. The molecule has 2 heterocycles. The van der Waals surface area contributed by atoms with Crippen molar-refractivity contribution in [2.24, 2.45) is 11.5 Å². The second-order valence-corrected chi connectivity index (χ2v) is 7.65. The molecule has 0 aliphatic carbocycles. The molecule has 144 valence electrons. The lowest BCUT2D eigenvalue weighted by Crippen LogP contribution is -2.59. The Labute approximate surface area is 160 Å². The minimum Gasteiger partial charge on any atom is -0.368 e. The standard InChI is InChI=1S/C18H23N5O3S/c1-2-21-17(26)22-14-13(11-5-3-4-6-12(11)27-14)15(24)23-9-7-18(20,8-10-23)16(19)25/h3-6H,2,7-10,20H2,1H3,(H2,19,25)(H2,21,22,26). The summed E-state index contributed by atoms with van der Waals surface area (Å²) < 4.78 is 0.912. The van der Waals surface area contributed by atoms with Crippen LogP contribution in [-0.2, 0) is 4.79 Å². The summed E-state index contributed by atoms with van der Waals surface area (Å²) in [6.45, 7) is 2.98. The maximum absolute atomic E-state index is 13.2. The van der Waals surface area contributed by atoms with Crippen LogP contribution >= 0.6 is 11.3 Å². The third-order valence-corrected chi connectivity index (χ3v) is 5.89. The third-order valence-electron chi connectivity index (χ3n) is 4.81. The highest BCUT2D eigenvalue weighted by Crippen LogP contribution is 2.37. The number of carbonyl (C=O) groups excluding carboxylic acids is 3. The van der Waals surface area contributed by atoms with Gasteiger partial charge < -0.3 is 21.7 Å². The Morgan fingerprint density at radius 3 is 2.52 bits per heavy atom. The molecular formula is C18H23N5O3S. The molecule has 1 aliphatic heterocycles. The van der Waals surface area contributed by atoms with Crippen molar-refractivity contribution in [3.05, 3.63) is 29.8 Å². The van der Waals surface area contributed by atoms with Gasteiger partial charge in [-0.05, 0) is 25.8 Å². The average molecular weight is 389 g/mol. The van der Waals surface area contributed by atoms with Gasteiger partial charge in [-0.1, -0.05) is 18.2 Å². The summed E-state index contributed by atoms with van der Waals surface area (Å²) >= 11 is 1.36. The molecule has 9 heteroatoms. The van der Waals surface area contributed by atoms with Crippen molar-refractivity contribution in [1.29, 1.82) is 0 Å². The second kappa shape index (κ2) is 7.53. The first-order valence-corrected chi connectivity index (χ1v) is 9.62. The van der Waals surface area contributed by atoms with Crippen molar-refractivity contribution in [3.63, 3.8) is 0 Å². The molecule has 0 spiro atoms. The zero-order chi connectivity index (χ0) is 19.6. The van der Waals surface area contributed by atoms with Gasteiger partial charge >= 0.3 is 6.03 Å². The fourth-order valence-corrected chi connectivity index (χ4v) is 4.26. The molecule has 3 rings (SSSR count). The van der Waals surface area contributed by atoms with Gasteiger partial charge in [0, 0.05) is 29.7 Å². The molecule has 2 aromatic rings. The van der Waals surface area contributed by atoms with Crippen molar-refractivity contribution >= 4 is 44.3 Å². The van der Waals surface area contributed by atoms with Gasteiger partial charge in [0.2, 0.25) is 5.91 Å². The number of hydrogen-bond donors (Lipinski definition) is 4. The fourth-order valence-electron chi connectivity index (χ4n) is 3.17. The molecule has 0 radical (unpaired) electrons. The van der Waals surface area contributed by atoms with E-state index in [0.29, 0.717) is 43.0 Å². The molecule has 0 atom stereocenters. The fraction of sp³-hybridized carbons (Fsp3) is 0.389. The van der Waals surface area contributed by atoms with Gasteiger partial charge in [0.25, 0.3) is 5.91 Å². The summed E-state index contributed by atoms with van der Waals surface area (Å²) in [7, 11) is 0. The Bertz CT molecular complexity index is 886. The molecule has 1 saturated heterocycles. The lowest BCUT2D eigenvalue weighted by molar-refractivity contribution is -0.124. The number of thiophene rings is 1. The third kappa shape index (κ3) is 3.74. The normalized spacial score (nSPS) is 16.1. The van der Waals surface area contributed by atoms with Crippen LogP contribution < -0.4 is 22.1 Å². The number of benzene rings is 1. The van der Waals surface area contributed by atoms with Crippen LogP contribution in [0.1, 0.15) is 30.1 Å². The molecule has 1 fully saturated rings. The number of anilines is 1. The number of carbonyl (C=O) groups is 3. The molecule has 0 bridgehead atoms. The summed E-state index contributed by atoms with van der Waals surface area (Å²) in [6, 6.07) is 7.16. The molecule has 1 aromatic heterocycles. The van der Waals surface area contributed by atoms with E-state index in [1.54, 1.807) is 4.90 Å². The molecule has 1 aliphatic rings. The number of nitrogens with zero attached hydrogens (tertiary/aromatic N) is 1. The summed E-state index contributed by atoms with van der Waals surface area (Å²) in [5.74, 6) is -0.736. The van der Waals surface area contributed by atoms with Crippen LogP contribution in [0.15, 0.2) is 24.3 Å². The Kier molecular flexibility index (Phi) is 5.33. The van der Waals surface area contributed by atoms with E-state index < -0.39 is 11.4 Å². The first-order chi connectivity index (χ1) is 12.9. The first kappa shape index (κ1) is 19.1. The molecule has 1 aromatic carbocycles. The Balaban J connectivity index is 1.89. The first-order valence-electron chi connectivity index (χ1n) is 8.80. The number of rotatable bonds is 4. The number of nitrogens with two attached hydrogens (primary N) is 2. The van der Waals surface area contributed by atoms with Gasteiger partial charge in [-0.25, -0.2) is 4.79 Å². The Hall–Kier alpha value is -2.65. The van der Waals surface area contributed by atoms with E-state index >= 15 is 0 Å². The smallest absolute Gasteiger partial charge is 0.319 e. The van der Waals surface area contributed by atoms with E-state index in [-0.39, 0.29) is 11.9 Å². The Morgan fingerprint density at radius 2 is 1.89 bits per heavy atom. The van der Waals surface area contributed by atoms with Crippen LogP contribution in [-0.4, -0.2) is 47.9 Å². The number of hydrogen-bond acceptors (Lipinski definition) is 5. The summed E-state index contributed by atoms with van der Waals surface area (Å²) in [4.78, 5) is 38.4. The van der Waals surface area contributed by atoms with Gasteiger partial charge in [0.1, 0.15) is 5.00 Å². The van der Waals surface area contributed by atoms with E-state index in [1.165, 1.54) is 11.3 Å². The Morgan fingerprint density at radius 1 is 1.22 bits per heavy atom. The van der Waals surface area contributed by atoms with Gasteiger partial charge in [-0.3, -0.25) is 14.9 Å². The van der Waals surface area contributed by atoms with Crippen molar-refractivity contribution in [1.82, 2.24) is 10.2 Å². The van der Waals surface area contributed by atoms with Crippen molar-refractivity contribution in [2.75, 3.05) is 25.0 Å². The zero-order valence-corrected chi connectivity index (χ0v) is 15.9. The molecule has 8 nitrogen and oxygen atoms in total. The highest BCUT2D eigenvalue weighted by atomic mass is 32.1. The van der Waals surface area contributed by atoms with Gasteiger partial charge in [-0.2, -0.15) is 0 Å². The van der Waals surface area contributed by atoms with Crippen LogP contribution in [0.25, 0.3) is 10.1 Å². The average Bonchev–Trinajstić information content (AvgIpc) is 2.99. The number of amides is 4. The van der Waals surface area contributed by atoms with Crippen LogP contribution in [0.5, 0.6) is 0 Å². The summed E-state index contributed by atoms with van der Waals surface area (Å²) in [5.41, 5.74) is 10.8. The van der Waals surface area contributed by atoms with E-state index in [9.17, 15) is 14.4 Å². The van der Waals surface area contributed by atoms with Crippen molar-refractivity contribution in [2.45, 2.75) is 25.3 Å². The van der Waals surface area contributed by atoms with Gasteiger partial charge in [0.05, 0.1) is 11.1 Å². The van der Waals surface area contributed by atoms with Gasteiger partial charge in [0.15, 0.2) is 0 Å². The number of primary amides is 1. The SMILES string of the molecule is CCNC(=O)Nc1sc2ccccc2c1C(=O)N1CCC(N)(C(N)=O)CC1. The monoisotopic (exact) mass is 389 g/mol. The summed E-state index contributed by atoms with van der Waals surface area (Å²) in [6.07, 6.45) is 0.629. The summed E-state index contributed by atoms with van der Waals surface area (Å²) in [5, 5.41) is 6.75. The molecule has 27 heavy (non-hydrogen) atoms. The number of nitrogens with one attached hydrogen (secondary N) is 2. The number of piperidine rings is 1. The number of likely N-dealkylation sites (tertiary alicyclic amines) is 1. The van der Waals surface area contributed by atoms with E-state index in [2.05, 4.69) is 10.6 Å². The van der Waals surface area contributed by atoms with Crippen molar-refractivity contribution < 1.29 is 14.4 Å². The maximum atomic E-state index is 13.2. The number of urea groups is 1.